The summed E-state index contributed by atoms with van der Waals surface area (Å²) in [4.78, 5) is 0. The van der Waals surface area contributed by atoms with Crippen LogP contribution in [0.5, 0.6) is 0 Å². The zero-order valence-electron chi connectivity index (χ0n) is 8.72. The molecule has 0 unspecified atom stereocenters. The number of quaternary nitrogens is 1. The van der Waals surface area contributed by atoms with Crippen molar-refractivity contribution < 1.29 is 5.32 Å². The molecule has 0 bridgehead atoms. The van der Waals surface area contributed by atoms with Crippen molar-refractivity contribution in [1.29, 1.82) is 0 Å². The number of aryl methyl sites for hydroxylation is 1. The lowest BCUT2D eigenvalue weighted by molar-refractivity contribution is -0.670. The highest BCUT2D eigenvalue weighted by Crippen LogP contribution is 2.03. The highest BCUT2D eigenvalue weighted by atomic mass is 14.8. The first-order chi connectivity index (χ1) is 6.36. The zero-order valence-corrected chi connectivity index (χ0v) is 8.72. The van der Waals surface area contributed by atoms with E-state index >= 15 is 0 Å². The molecule has 1 aromatic carbocycles. The van der Waals surface area contributed by atoms with Gasteiger partial charge >= 0.3 is 0 Å². The second-order valence-electron chi connectivity index (χ2n) is 3.45. The fraction of sp³-hybridized carbons (Fsp3) is 0.500. The summed E-state index contributed by atoms with van der Waals surface area (Å²) in [6.45, 7) is 6.77. The van der Waals surface area contributed by atoms with E-state index in [1.165, 1.54) is 24.1 Å². The molecule has 1 heteroatoms. The van der Waals surface area contributed by atoms with Crippen LogP contribution in [0.25, 0.3) is 0 Å². The molecule has 0 radical (unpaired) electrons. The molecule has 0 fully saturated rings. The molecule has 1 nitrogen and oxygen atoms in total. The van der Waals surface area contributed by atoms with Crippen LogP contribution in [0.15, 0.2) is 24.3 Å². The average molecular weight is 178 g/mol. The van der Waals surface area contributed by atoms with Gasteiger partial charge in [0, 0.05) is 5.56 Å². The first-order valence-corrected chi connectivity index (χ1v) is 5.26. The van der Waals surface area contributed by atoms with E-state index in [1.54, 1.807) is 0 Å². The number of nitrogens with two attached hydrogens (primary N) is 1. The standard InChI is InChI=1S/C12H19N/c1-3-9-13-10-12-7-5-11(4-2)6-8-12/h5-8,13H,3-4,9-10H2,1-2H3/p+1. The highest BCUT2D eigenvalue weighted by Gasteiger charge is 1.94. The van der Waals surface area contributed by atoms with E-state index in [-0.39, 0.29) is 0 Å². The summed E-state index contributed by atoms with van der Waals surface area (Å²) in [6, 6.07) is 8.94. The fourth-order valence-corrected chi connectivity index (χ4v) is 1.38. The molecule has 0 aliphatic rings. The first kappa shape index (κ1) is 10.3. The van der Waals surface area contributed by atoms with Gasteiger partial charge in [-0.15, -0.1) is 0 Å². The van der Waals surface area contributed by atoms with Crippen LogP contribution in [-0.4, -0.2) is 6.54 Å². The minimum atomic E-state index is 1.12. The van der Waals surface area contributed by atoms with Gasteiger partial charge in [-0.3, -0.25) is 0 Å². The van der Waals surface area contributed by atoms with E-state index in [2.05, 4.69) is 43.4 Å². The lowest BCUT2D eigenvalue weighted by atomic mass is 10.1. The largest absolute Gasteiger partial charge is 0.343 e. The van der Waals surface area contributed by atoms with E-state index in [4.69, 9.17) is 0 Å². The Hall–Kier alpha value is -0.820. The predicted molar refractivity (Wildman–Crippen MR) is 56.6 cm³/mol. The molecule has 2 N–H and O–H groups in total. The maximum absolute atomic E-state index is 2.36. The van der Waals surface area contributed by atoms with Crippen molar-refractivity contribution in [2.45, 2.75) is 33.2 Å². The van der Waals surface area contributed by atoms with Gasteiger partial charge in [0.25, 0.3) is 0 Å². The topological polar surface area (TPSA) is 16.6 Å². The van der Waals surface area contributed by atoms with Crippen LogP contribution in [0.1, 0.15) is 31.4 Å². The van der Waals surface area contributed by atoms with Crippen molar-refractivity contribution in [1.82, 2.24) is 0 Å². The summed E-state index contributed by atoms with van der Waals surface area (Å²) in [7, 11) is 0. The van der Waals surface area contributed by atoms with Crippen molar-refractivity contribution in [3.05, 3.63) is 35.4 Å². The molecule has 72 valence electrons. The lowest BCUT2D eigenvalue weighted by Gasteiger charge is -2.01. The second kappa shape index (κ2) is 5.76. The van der Waals surface area contributed by atoms with Crippen LogP contribution in [0, 0.1) is 0 Å². The average Bonchev–Trinajstić information content (AvgIpc) is 2.19. The van der Waals surface area contributed by atoms with Crippen molar-refractivity contribution in [3.63, 3.8) is 0 Å². The Morgan fingerprint density at radius 2 is 1.62 bits per heavy atom. The number of benzene rings is 1. The van der Waals surface area contributed by atoms with Gasteiger partial charge in [-0.25, -0.2) is 0 Å². The molecular formula is C12H20N+. The van der Waals surface area contributed by atoms with Crippen LogP contribution >= 0.6 is 0 Å². The Morgan fingerprint density at radius 3 is 2.15 bits per heavy atom. The molecular weight excluding hydrogens is 158 g/mol. The van der Waals surface area contributed by atoms with Crippen LogP contribution in [0.2, 0.25) is 0 Å². The maximum atomic E-state index is 2.36. The Kier molecular flexibility index (Phi) is 4.55. The third-order valence-electron chi connectivity index (χ3n) is 2.30. The molecule has 0 saturated heterocycles. The van der Waals surface area contributed by atoms with E-state index in [0.717, 1.165) is 13.0 Å². The summed E-state index contributed by atoms with van der Waals surface area (Å²) in [5.41, 5.74) is 2.87. The van der Waals surface area contributed by atoms with Crippen LogP contribution in [0.3, 0.4) is 0 Å². The fourth-order valence-electron chi connectivity index (χ4n) is 1.38. The van der Waals surface area contributed by atoms with Gasteiger partial charge in [0.15, 0.2) is 0 Å². The van der Waals surface area contributed by atoms with Gasteiger partial charge in [0.2, 0.25) is 0 Å². The smallest absolute Gasteiger partial charge is 0.101 e. The summed E-state index contributed by atoms with van der Waals surface area (Å²) in [5, 5.41) is 2.36. The van der Waals surface area contributed by atoms with Crippen LogP contribution in [-0.2, 0) is 13.0 Å². The summed E-state index contributed by atoms with van der Waals surface area (Å²) < 4.78 is 0. The Morgan fingerprint density at radius 1 is 1.00 bits per heavy atom. The van der Waals surface area contributed by atoms with E-state index < -0.39 is 0 Å². The molecule has 0 aliphatic carbocycles. The predicted octanol–water partition coefficient (Wildman–Crippen LogP) is 1.72. The summed E-state index contributed by atoms with van der Waals surface area (Å²) >= 11 is 0. The van der Waals surface area contributed by atoms with E-state index in [1.807, 2.05) is 0 Å². The number of hydrogen-bond acceptors (Lipinski definition) is 0. The van der Waals surface area contributed by atoms with Gasteiger partial charge in [0.05, 0.1) is 6.54 Å². The normalized spacial score (nSPS) is 10.3. The Bertz CT molecular complexity index is 225. The summed E-state index contributed by atoms with van der Waals surface area (Å²) in [6.07, 6.45) is 2.39. The van der Waals surface area contributed by atoms with E-state index in [9.17, 15) is 0 Å². The minimum absolute atomic E-state index is 1.12. The molecule has 1 aromatic rings. The molecule has 0 saturated carbocycles. The maximum Gasteiger partial charge on any atom is 0.101 e. The molecule has 0 aromatic heterocycles. The zero-order chi connectivity index (χ0) is 9.52. The van der Waals surface area contributed by atoms with Gasteiger partial charge in [-0.1, -0.05) is 38.1 Å². The van der Waals surface area contributed by atoms with Crippen molar-refractivity contribution >= 4 is 0 Å². The number of hydrogen-bond donors (Lipinski definition) is 1. The van der Waals surface area contributed by atoms with E-state index in [0.29, 0.717) is 0 Å². The molecule has 0 atom stereocenters. The minimum Gasteiger partial charge on any atom is -0.343 e. The lowest BCUT2D eigenvalue weighted by Crippen LogP contribution is -2.82. The van der Waals surface area contributed by atoms with Crippen molar-refractivity contribution in [2.75, 3.05) is 6.54 Å². The second-order valence-corrected chi connectivity index (χ2v) is 3.45. The molecule has 13 heavy (non-hydrogen) atoms. The first-order valence-electron chi connectivity index (χ1n) is 5.26. The summed E-state index contributed by atoms with van der Waals surface area (Å²) in [5.74, 6) is 0. The quantitative estimate of drug-likeness (QED) is 0.661. The van der Waals surface area contributed by atoms with Crippen LogP contribution < -0.4 is 5.32 Å². The molecule has 0 heterocycles. The van der Waals surface area contributed by atoms with Gasteiger partial charge in [-0.2, -0.15) is 0 Å². The van der Waals surface area contributed by atoms with Gasteiger partial charge < -0.3 is 5.32 Å². The van der Waals surface area contributed by atoms with Crippen molar-refractivity contribution in [3.8, 4) is 0 Å². The third kappa shape index (κ3) is 3.60. The SMILES string of the molecule is CCC[NH2+]Cc1ccc(CC)cc1. The number of rotatable bonds is 5. The Labute approximate surface area is 81.2 Å². The molecule has 0 aliphatic heterocycles. The molecule has 0 amide bonds. The van der Waals surface area contributed by atoms with Crippen molar-refractivity contribution in [2.24, 2.45) is 0 Å². The van der Waals surface area contributed by atoms with Gasteiger partial charge in [-0.05, 0) is 18.4 Å². The van der Waals surface area contributed by atoms with Gasteiger partial charge in [0.1, 0.15) is 6.54 Å². The third-order valence-corrected chi connectivity index (χ3v) is 2.30. The van der Waals surface area contributed by atoms with Crippen LogP contribution in [0.4, 0.5) is 0 Å². The highest BCUT2D eigenvalue weighted by molar-refractivity contribution is 5.21. The Balaban J connectivity index is 2.40. The molecule has 0 spiro atoms. The molecule has 1 rings (SSSR count). The monoisotopic (exact) mass is 178 g/mol.